The fraction of sp³-hybridized carbons (Fsp3) is 0.500. The van der Waals surface area contributed by atoms with E-state index in [4.69, 9.17) is 4.74 Å². The highest BCUT2D eigenvalue weighted by Gasteiger charge is 2.18. The van der Waals surface area contributed by atoms with Crippen molar-refractivity contribution in [2.24, 2.45) is 0 Å². The maximum absolute atomic E-state index is 12.3. The van der Waals surface area contributed by atoms with Gasteiger partial charge in [0.1, 0.15) is 0 Å². The molecule has 1 aromatic carbocycles. The summed E-state index contributed by atoms with van der Waals surface area (Å²) in [4.78, 5) is 16.7. The second kappa shape index (κ2) is 8.46. The van der Waals surface area contributed by atoms with Crippen LogP contribution in [-0.2, 0) is 6.42 Å². The average Bonchev–Trinajstić information content (AvgIpc) is 3.00. The first-order valence-corrected chi connectivity index (χ1v) is 8.41. The maximum atomic E-state index is 12.3. The molecular formula is C18H25N3O2. The second-order valence-electron chi connectivity index (χ2n) is 5.53. The average molecular weight is 315 g/mol. The number of rotatable bonds is 8. The summed E-state index contributed by atoms with van der Waals surface area (Å²) >= 11 is 0. The van der Waals surface area contributed by atoms with Crippen LogP contribution < -0.4 is 4.74 Å². The van der Waals surface area contributed by atoms with Crippen molar-refractivity contribution in [3.05, 3.63) is 29.8 Å². The molecule has 0 spiro atoms. The lowest BCUT2D eigenvalue weighted by atomic mass is 10.1. The van der Waals surface area contributed by atoms with E-state index in [0.717, 1.165) is 31.2 Å². The van der Waals surface area contributed by atoms with Crippen LogP contribution >= 0.6 is 0 Å². The normalized spacial score (nSPS) is 10.7. The number of nitrogens with zero attached hydrogens (tertiary/aromatic N) is 3. The number of benzene rings is 1. The number of unbranched alkanes of at least 4 members (excludes halogenated alkanes) is 1. The van der Waals surface area contributed by atoms with Crippen molar-refractivity contribution in [2.75, 3.05) is 6.61 Å². The highest BCUT2D eigenvalue weighted by molar-refractivity contribution is 5.82. The van der Waals surface area contributed by atoms with E-state index in [1.165, 1.54) is 10.2 Å². The summed E-state index contributed by atoms with van der Waals surface area (Å²) in [6.07, 6.45) is 4.18. The van der Waals surface area contributed by atoms with Crippen LogP contribution in [0.25, 0.3) is 11.4 Å². The van der Waals surface area contributed by atoms with Crippen LogP contribution in [0.15, 0.2) is 24.3 Å². The number of ether oxygens (including phenoxy) is 1. The minimum absolute atomic E-state index is 0.0556. The van der Waals surface area contributed by atoms with Crippen molar-refractivity contribution >= 4 is 5.91 Å². The molecular weight excluding hydrogens is 290 g/mol. The number of carbonyl (C=O) groups is 1. The number of hydrogen-bond acceptors (Lipinski definition) is 4. The first-order chi connectivity index (χ1) is 11.2. The molecule has 0 aliphatic rings. The number of carbonyl (C=O) groups excluding carboxylic acids is 1. The van der Waals surface area contributed by atoms with Gasteiger partial charge in [0.05, 0.1) is 6.61 Å². The van der Waals surface area contributed by atoms with Crippen LogP contribution in [0.2, 0.25) is 0 Å². The van der Waals surface area contributed by atoms with Crippen LogP contribution in [0.5, 0.6) is 6.01 Å². The predicted octanol–water partition coefficient (Wildman–Crippen LogP) is 4.13. The first kappa shape index (κ1) is 17.2. The molecule has 0 unspecified atom stereocenters. The van der Waals surface area contributed by atoms with E-state index in [2.05, 4.69) is 36.1 Å². The highest BCUT2D eigenvalue weighted by atomic mass is 16.5. The van der Waals surface area contributed by atoms with E-state index in [1.807, 2.05) is 19.1 Å². The molecule has 2 aromatic rings. The van der Waals surface area contributed by atoms with Crippen molar-refractivity contribution in [1.29, 1.82) is 0 Å². The molecule has 5 heteroatoms. The number of aromatic nitrogens is 3. The highest BCUT2D eigenvalue weighted by Crippen LogP contribution is 2.21. The van der Waals surface area contributed by atoms with Gasteiger partial charge in [-0.1, -0.05) is 51.5 Å². The summed E-state index contributed by atoms with van der Waals surface area (Å²) in [6.45, 7) is 6.75. The fourth-order valence-corrected chi connectivity index (χ4v) is 2.23. The molecule has 5 nitrogen and oxygen atoms in total. The molecule has 23 heavy (non-hydrogen) atoms. The summed E-state index contributed by atoms with van der Waals surface area (Å²) in [5.41, 5.74) is 2.13. The van der Waals surface area contributed by atoms with Gasteiger partial charge in [0.25, 0.3) is 0 Å². The predicted molar refractivity (Wildman–Crippen MR) is 90.8 cm³/mol. The van der Waals surface area contributed by atoms with E-state index in [-0.39, 0.29) is 11.9 Å². The van der Waals surface area contributed by atoms with Crippen LogP contribution in [0.1, 0.15) is 56.8 Å². The molecule has 2 rings (SSSR count). The summed E-state index contributed by atoms with van der Waals surface area (Å²) in [5, 5.41) is 4.25. The Morgan fingerprint density at radius 3 is 2.48 bits per heavy atom. The molecule has 0 aliphatic heterocycles. The van der Waals surface area contributed by atoms with Crippen LogP contribution in [0.4, 0.5) is 0 Å². The third-order valence-electron chi connectivity index (χ3n) is 3.64. The summed E-state index contributed by atoms with van der Waals surface area (Å²) in [5.74, 6) is 0.498. The minimum Gasteiger partial charge on any atom is -0.462 e. The largest absolute Gasteiger partial charge is 0.462 e. The summed E-state index contributed by atoms with van der Waals surface area (Å²) in [7, 11) is 0. The Balaban J connectivity index is 2.31. The second-order valence-corrected chi connectivity index (χ2v) is 5.53. The molecule has 0 amide bonds. The maximum Gasteiger partial charge on any atom is 0.336 e. The molecule has 0 saturated heterocycles. The smallest absolute Gasteiger partial charge is 0.336 e. The lowest BCUT2D eigenvalue weighted by molar-refractivity contribution is 0.0885. The molecule has 0 bridgehead atoms. The molecule has 0 radical (unpaired) electrons. The van der Waals surface area contributed by atoms with Gasteiger partial charge < -0.3 is 4.74 Å². The van der Waals surface area contributed by atoms with Crippen molar-refractivity contribution in [3.63, 3.8) is 0 Å². The van der Waals surface area contributed by atoms with E-state index < -0.39 is 0 Å². The molecule has 124 valence electrons. The van der Waals surface area contributed by atoms with Crippen molar-refractivity contribution in [3.8, 4) is 17.4 Å². The third-order valence-corrected chi connectivity index (χ3v) is 3.64. The molecule has 0 fully saturated rings. The summed E-state index contributed by atoms with van der Waals surface area (Å²) < 4.78 is 6.95. The molecule has 0 atom stereocenters. The van der Waals surface area contributed by atoms with Gasteiger partial charge in [-0.25, -0.2) is 0 Å². The van der Waals surface area contributed by atoms with Crippen LogP contribution in [0, 0.1) is 0 Å². The molecule has 1 aromatic heterocycles. The van der Waals surface area contributed by atoms with Gasteiger partial charge in [-0.2, -0.15) is 9.67 Å². The third kappa shape index (κ3) is 4.41. The zero-order valence-electron chi connectivity index (χ0n) is 14.2. The number of aryl methyl sites for hydroxylation is 1. The van der Waals surface area contributed by atoms with Gasteiger partial charge in [0, 0.05) is 12.0 Å². The lowest BCUT2D eigenvalue weighted by Crippen LogP contribution is -2.13. The lowest BCUT2D eigenvalue weighted by Gasteiger charge is -2.04. The Morgan fingerprint density at radius 2 is 1.87 bits per heavy atom. The number of hydrogen-bond donors (Lipinski definition) is 0. The van der Waals surface area contributed by atoms with E-state index in [1.54, 1.807) is 0 Å². The van der Waals surface area contributed by atoms with Crippen molar-refractivity contribution < 1.29 is 9.53 Å². The van der Waals surface area contributed by atoms with Gasteiger partial charge >= 0.3 is 6.01 Å². The zero-order chi connectivity index (χ0) is 16.7. The molecule has 1 heterocycles. The Bertz CT molecular complexity index is 632. The SMILES string of the molecule is CCCCOc1nc(-c2ccc(CC)cc2)n(C(=O)CCC)n1. The Labute approximate surface area is 137 Å². The topological polar surface area (TPSA) is 57.0 Å². The monoisotopic (exact) mass is 315 g/mol. The Morgan fingerprint density at radius 1 is 1.13 bits per heavy atom. The van der Waals surface area contributed by atoms with E-state index in [0.29, 0.717) is 18.9 Å². The van der Waals surface area contributed by atoms with Gasteiger partial charge in [-0.3, -0.25) is 4.79 Å². The van der Waals surface area contributed by atoms with E-state index >= 15 is 0 Å². The molecule has 0 aliphatic carbocycles. The van der Waals surface area contributed by atoms with Gasteiger partial charge in [-0.15, -0.1) is 5.10 Å². The quantitative estimate of drug-likeness (QED) is 0.687. The van der Waals surface area contributed by atoms with Gasteiger partial charge in [0.2, 0.25) is 5.91 Å². The standard InChI is InChI=1S/C18H25N3O2/c1-4-7-13-23-18-19-17(21(20-18)16(22)8-5-2)15-11-9-14(6-3)10-12-15/h9-12H,4-8,13H2,1-3H3. The first-order valence-electron chi connectivity index (χ1n) is 8.41. The van der Waals surface area contributed by atoms with Crippen molar-refractivity contribution in [2.45, 2.75) is 52.9 Å². The van der Waals surface area contributed by atoms with Crippen molar-refractivity contribution in [1.82, 2.24) is 14.8 Å². The fourth-order valence-electron chi connectivity index (χ4n) is 2.23. The van der Waals surface area contributed by atoms with Gasteiger partial charge in [-0.05, 0) is 24.8 Å². The van der Waals surface area contributed by atoms with Gasteiger partial charge in [0.15, 0.2) is 5.82 Å². The molecule has 0 N–H and O–H groups in total. The Hall–Kier alpha value is -2.17. The van der Waals surface area contributed by atoms with E-state index in [9.17, 15) is 4.79 Å². The minimum atomic E-state index is -0.0556. The Kier molecular flexibility index (Phi) is 6.32. The molecule has 0 saturated carbocycles. The van der Waals surface area contributed by atoms with Crippen LogP contribution in [-0.4, -0.2) is 27.3 Å². The zero-order valence-corrected chi connectivity index (χ0v) is 14.2. The van der Waals surface area contributed by atoms with Crippen LogP contribution in [0.3, 0.4) is 0 Å². The summed E-state index contributed by atoms with van der Waals surface area (Å²) in [6, 6.07) is 8.34.